The highest BCUT2D eigenvalue weighted by Gasteiger charge is 2.30. The molecule has 2 N–H and O–H groups in total. The van der Waals surface area contributed by atoms with Crippen LogP contribution in [0, 0.1) is 0 Å². The van der Waals surface area contributed by atoms with Crippen molar-refractivity contribution in [1.82, 2.24) is 9.29 Å². The van der Waals surface area contributed by atoms with E-state index in [1.54, 1.807) is 0 Å². The average Bonchev–Trinajstić information content (AvgIpc) is 2.32. The van der Waals surface area contributed by atoms with E-state index in [9.17, 15) is 12.6 Å². The van der Waals surface area contributed by atoms with Crippen LogP contribution in [0.2, 0.25) is 0 Å². The van der Waals surface area contributed by atoms with Gasteiger partial charge in [0.15, 0.2) is 0 Å². The maximum Gasteiger partial charge on any atom is 0.246 e. The first kappa shape index (κ1) is 13.9. The molecule has 0 aromatic carbocycles. The van der Waals surface area contributed by atoms with Crippen LogP contribution in [0.5, 0.6) is 0 Å². The molecule has 1 aromatic rings. The summed E-state index contributed by atoms with van der Waals surface area (Å²) in [6, 6.07) is 1.43. The smallest absolute Gasteiger partial charge is 0.246 e. The highest BCUT2D eigenvalue weighted by Crippen LogP contribution is 2.24. The maximum absolute atomic E-state index is 12.4. The number of nitrogen functional groups attached to an aromatic ring is 1. The van der Waals surface area contributed by atoms with Crippen LogP contribution in [-0.4, -0.2) is 46.5 Å². The van der Waals surface area contributed by atoms with Crippen molar-refractivity contribution >= 4 is 42.6 Å². The van der Waals surface area contributed by atoms with Crippen LogP contribution >= 0.6 is 15.9 Å². The van der Waals surface area contributed by atoms with Crippen molar-refractivity contribution in [2.45, 2.75) is 4.90 Å². The fourth-order valence-corrected chi connectivity index (χ4v) is 4.94. The van der Waals surface area contributed by atoms with Crippen molar-refractivity contribution < 1.29 is 12.6 Å². The van der Waals surface area contributed by atoms with E-state index in [-0.39, 0.29) is 23.8 Å². The molecule has 0 amide bonds. The fourth-order valence-electron chi connectivity index (χ4n) is 1.64. The Morgan fingerprint density at radius 3 is 2.61 bits per heavy atom. The normalized spacial score (nSPS) is 18.9. The zero-order valence-corrected chi connectivity index (χ0v) is 12.6. The third-order valence-corrected chi connectivity index (χ3v) is 6.24. The number of hydrogen-bond acceptors (Lipinski definition) is 5. The molecule has 0 radical (unpaired) electrons. The van der Waals surface area contributed by atoms with Gasteiger partial charge < -0.3 is 5.73 Å². The van der Waals surface area contributed by atoms with Gasteiger partial charge in [-0.1, -0.05) is 0 Å². The molecule has 18 heavy (non-hydrogen) atoms. The molecule has 1 aromatic heterocycles. The lowest BCUT2D eigenvalue weighted by atomic mass is 10.5. The molecule has 100 valence electrons. The summed E-state index contributed by atoms with van der Waals surface area (Å²) >= 11 is 3.17. The maximum atomic E-state index is 12.4. The first-order valence-corrected chi connectivity index (χ1v) is 8.89. The minimum atomic E-state index is -3.66. The first-order chi connectivity index (χ1) is 8.41. The van der Waals surface area contributed by atoms with Crippen molar-refractivity contribution in [2.24, 2.45) is 0 Å². The lowest BCUT2D eigenvalue weighted by Gasteiger charge is -2.25. The van der Waals surface area contributed by atoms with Gasteiger partial charge in [-0.25, -0.2) is 13.4 Å². The molecule has 1 saturated heterocycles. The minimum Gasteiger partial charge on any atom is -0.383 e. The number of pyridine rings is 1. The van der Waals surface area contributed by atoms with E-state index < -0.39 is 20.8 Å². The predicted molar refractivity (Wildman–Crippen MR) is 73.0 cm³/mol. The van der Waals surface area contributed by atoms with Gasteiger partial charge in [-0.15, -0.1) is 0 Å². The number of hydrogen-bond donors (Lipinski definition) is 1. The van der Waals surface area contributed by atoms with Crippen LogP contribution in [-0.2, 0) is 20.8 Å². The van der Waals surface area contributed by atoms with E-state index >= 15 is 0 Å². The molecule has 0 atom stereocenters. The molecule has 2 rings (SSSR count). The number of anilines is 1. The van der Waals surface area contributed by atoms with Crippen LogP contribution in [0.3, 0.4) is 0 Å². The second kappa shape index (κ2) is 5.24. The van der Waals surface area contributed by atoms with Gasteiger partial charge in [0.2, 0.25) is 10.0 Å². The summed E-state index contributed by atoms with van der Waals surface area (Å²) in [7, 11) is -4.58. The van der Waals surface area contributed by atoms with Crippen molar-refractivity contribution in [2.75, 3.05) is 30.3 Å². The van der Waals surface area contributed by atoms with Crippen LogP contribution in [0.1, 0.15) is 0 Å². The summed E-state index contributed by atoms with van der Waals surface area (Å²) in [5.74, 6) is 0.700. The number of rotatable bonds is 2. The largest absolute Gasteiger partial charge is 0.383 e. The molecule has 0 bridgehead atoms. The highest BCUT2D eigenvalue weighted by molar-refractivity contribution is 9.10. The zero-order chi connectivity index (χ0) is 13.3. The molecule has 0 saturated carbocycles. The SMILES string of the molecule is Nc1ncc(Br)cc1S(=O)(=O)N1CCS(=O)CC1. The molecule has 0 aliphatic carbocycles. The van der Waals surface area contributed by atoms with E-state index in [1.807, 2.05) is 0 Å². The molecular formula is C9H12BrN3O3S2. The summed E-state index contributed by atoms with van der Waals surface area (Å²) < 4.78 is 37.8. The standard InChI is InChI=1S/C9H12BrN3O3S2/c10-7-5-8(9(11)12-6-7)18(15,16)13-1-3-17(14)4-2-13/h5-6H,1-4H2,(H2,11,12). The van der Waals surface area contributed by atoms with Gasteiger partial charge in [-0.05, 0) is 22.0 Å². The highest BCUT2D eigenvalue weighted by atomic mass is 79.9. The zero-order valence-electron chi connectivity index (χ0n) is 9.37. The number of sulfonamides is 1. The first-order valence-electron chi connectivity index (χ1n) is 5.17. The van der Waals surface area contributed by atoms with E-state index in [1.165, 1.54) is 16.6 Å². The Morgan fingerprint density at radius 1 is 1.39 bits per heavy atom. The Morgan fingerprint density at radius 2 is 2.00 bits per heavy atom. The minimum absolute atomic E-state index is 0.00967. The molecule has 2 heterocycles. The quantitative estimate of drug-likeness (QED) is 0.818. The summed E-state index contributed by atoms with van der Waals surface area (Å²) in [4.78, 5) is 3.81. The number of nitrogens with two attached hydrogens (primary N) is 1. The van der Waals surface area contributed by atoms with Gasteiger partial charge in [0, 0.05) is 46.1 Å². The number of halogens is 1. The van der Waals surface area contributed by atoms with Crippen molar-refractivity contribution in [3.8, 4) is 0 Å². The van der Waals surface area contributed by atoms with Crippen molar-refractivity contribution in [3.63, 3.8) is 0 Å². The summed E-state index contributed by atoms with van der Waals surface area (Å²) in [5.41, 5.74) is 5.61. The van der Waals surface area contributed by atoms with Crippen molar-refractivity contribution in [3.05, 3.63) is 16.7 Å². The predicted octanol–water partition coefficient (Wildman–Crippen LogP) is 0.179. The van der Waals surface area contributed by atoms with E-state index in [2.05, 4.69) is 20.9 Å². The van der Waals surface area contributed by atoms with Gasteiger partial charge in [-0.3, -0.25) is 4.21 Å². The topological polar surface area (TPSA) is 93.4 Å². The molecule has 1 aliphatic heterocycles. The number of aromatic nitrogens is 1. The number of nitrogens with zero attached hydrogens (tertiary/aromatic N) is 2. The fraction of sp³-hybridized carbons (Fsp3) is 0.444. The molecule has 1 fully saturated rings. The molecule has 0 unspecified atom stereocenters. The average molecular weight is 354 g/mol. The summed E-state index contributed by atoms with van der Waals surface area (Å²) in [6.45, 7) is 0.502. The third-order valence-electron chi connectivity index (χ3n) is 2.60. The molecule has 9 heteroatoms. The second-order valence-corrected chi connectivity index (χ2v) is 8.31. The van der Waals surface area contributed by atoms with Crippen LogP contribution in [0.25, 0.3) is 0 Å². The molecule has 6 nitrogen and oxygen atoms in total. The third kappa shape index (κ3) is 2.73. The van der Waals surface area contributed by atoms with Crippen LogP contribution in [0.4, 0.5) is 5.82 Å². The van der Waals surface area contributed by atoms with Crippen molar-refractivity contribution in [1.29, 1.82) is 0 Å². The van der Waals surface area contributed by atoms with Crippen LogP contribution < -0.4 is 5.73 Å². The Balaban J connectivity index is 2.36. The monoisotopic (exact) mass is 353 g/mol. The van der Waals surface area contributed by atoms with Gasteiger partial charge in [0.05, 0.1) is 0 Å². The van der Waals surface area contributed by atoms with E-state index in [4.69, 9.17) is 5.73 Å². The van der Waals surface area contributed by atoms with Gasteiger partial charge in [-0.2, -0.15) is 4.31 Å². The summed E-state index contributed by atoms with van der Waals surface area (Å²) in [6.07, 6.45) is 1.44. The van der Waals surface area contributed by atoms with Gasteiger partial charge in [0.1, 0.15) is 10.7 Å². The van der Waals surface area contributed by atoms with Gasteiger partial charge >= 0.3 is 0 Å². The Hall–Kier alpha value is -0.510. The Bertz CT molecular complexity index is 581. The molecular weight excluding hydrogens is 342 g/mol. The lowest BCUT2D eigenvalue weighted by molar-refractivity contribution is 0.439. The van der Waals surface area contributed by atoms with Gasteiger partial charge in [0.25, 0.3) is 0 Å². The Kier molecular flexibility index (Phi) is 4.05. The molecule has 1 aliphatic rings. The second-order valence-electron chi connectivity index (χ2n) is 3.79. The van der Waals surface area contributed by atoms with E-state index in [0.717, 1.165) is 0 Å². The van der Waals surface area contributed by atoms with Crippen LogP contribution in [0.15, 0.2) is 21.6 Å². The lowest BCUT2D eigenvalue weighted by Crippen LogP contribution is -2.41. The van der Waals surface area contributed by atoms with E-state index in [0.29, 0.717) is 16.0 Å². The molecule has 0 spiro atoms. The summed E-state index contributed by atoms with van der Waals surface area (Å²) in [5, 5.41) is 0. The Labute approximate surface area is 116 Å².